The molecule has 1 N–H and O–H groups in total. The first-order valence-corrected chi connectivity index (χ1v) is 6.61. The van der Waals surface area contributed by atoms with E-state index in [0.717, 1.165) is 24.2 Å². The van der Waals surface area contributed by atoms with Gasteiger partial charge in [0.1, 0.15) is 0 Å². The summed E-state index contributed by atoms with van der Waals surface area (Å²) in [6, 6.07) is 2.09. The molecule has 2 rings (SSSR count). The Kier molecular flexibility index (Phi) is 4.42. The van der Waals surface area contributed by atoms with Gasteiger partial charge in [-0.15, -0.1) is 5.10 Å². The van der Waals surface area contributed by atoms with Crippen LogP contribution in [0.3, 0.4) is 0 Å². The number of hydrogen-bond acceptors (Lipinski definition) is 5. The summed E-state index contributed by atoms with van der Waals surface area (Å²) in [5.41, 5.74) is 2.03. The van der Waals surface area contributed by atoms with E-state index in [1.165, 1.54) is 11.5 Å². The minimum absolute atomic E-state index is 0.152. The van der Waals surface area contributed by atoms with Crippen molar-refractivity contribution in [1.82, 2.24) is 19.9 Å². The molecule has 0 bridgehead atoms. The van der Waals surface area contributed by atoms with Gasteiger partial charge in [-0.1, -0.05) is 23.0 Å². The highest BCUT2D eigenvalue weighted by Crippen LogP contribution is 2.22. The lowest BCUT2D eigenvalue weighted by Crippen LogP contribution is -2.23. The number of likely N-dealkylation sites (N-methyl/N-ethyl adjacent to an activating group) is 1. The second-order valence-corrected chi connectivity index (χ2v) is 4.63. The van der Waals surface area contributed by atoms with Crippen molar-refractivity contribution in [2.24, 2.45) is 0 Å². The highest BCUT2D eigenvalue weighted by atomic mass is 35.5. The Morgan fingerprint density at radius 2 is 2.41 bits per heavy atom. The highest BCUT2D eigenvalue weighted by Gasteiger charge is 2.15. The van der Waals surface area contributed by atoms with Gasteiger partial charge < -0.3 is 5.32 Å². The fourth-order valence-electron chi connectivity index (χ4n) is 1.64. The molecule has 2 aromatic heterocycles. The molecule has 0 aliphatic carbocycles. The molecule has 1 unspecified atom stereocenters. The third kappa shape index (κ3) is 3.21. The van der Waals surface area contributed by atoms with E-state index in [9.17, 15) is 0 Å². The van der Waals surface area contributed by atoms with Gasteiger partial charge in [0, 0.05) is 17.8 Å². The molecule has 90 valence electrons. The molecule has 2 aromatic rings. The highest BCUT2D eigenvalue weighted by molar-refractivity contribution is 7.03. The van der Waals surface area contributed by atoms with Gasteiger partial charge in [-0.25, -0.2) is 0 Å². The van der Waals surface area contributed by atoms with Gasteiger partial charge in [0.2, 0.25) is 0 Å². The van der Waals surface area contributed by atoms with E-state index in [0.29, 0.717) is 5.02 Å². The van der Waals surface area contributed by atoms with Gasteiger partial charge in [-0.05, 0) is 36.1 Å². The van der Waals surface area contributed by atoms with Crippen LogP contribution in [-0.4, -0.2) is 21.1 Å². The molecule has 0 spiro atoms. The molecule has 2 heterocycles. The third-order valence-corrected chi connectivity index (χ3v) is 3.33. The van der Waals surface area contributed by atoms with Gasteiger partial charge >= 0.3 is 0 Å². The summed E-state index contributed by atoms with van der Waals surface area (Å²) in [6.45, 7) is 2.95. The number of pyridine rings is 1. The normalized spacial score (nSPS) is 12.6. The first-order valence-electron chi connectivity index (χ1n) is 5.40. The maximum atomic E-state index is 6.11. The molecule has 1 atom stereocenters. The van der Waals surface area contributed by atoms with E-state index < -0.39 is 0 Å². The predicted octanol–water partition coefficient (Wildman–Crippen LogP) is 2.48. The summed E-state index contributed by atoms with van der Waals surface area (Å²) in [6.07, 6.45) is 4.21. The monoisotopic (exact) mass is 268 g/mol. The van der Waals surface area contributed by atoms with Gasteiger partial charge in [0.15, 0.2) is 0 Å². The molecule has 0 aliphatic heterocycles. The van der Waals surface area contributed by atoms with Crippen LogP contribution < -0.4 is 5.32 Å². The van der Waals surface area contributed by atoms with E-state index >= 15 is 0 Å². The van der Waals surface area contributed by atoms with Gasteiger partial charge in [-0.2, -0.15) is 0 Å². The van der Waals surface area contributed by atoms with Crippen LogP contribution in [0.1, 0.15) is 24.2 Å². The summed E-state index contributed by atoms with van der Waals surface area (Å²) < 4.78 is 3.90. The van der Waals surface area contributed by atoms with Crippen molar-refractivity contribution in [3.8, 4) is 0 Å². The van der Waals surface area contributed by atoms with Crippen LogP contribution in [0.15, 0.2) is 23.8 Å². The molecule has 4 nitrogen and oxygen atoms in total. The summed E-state index contributed by atoms with van der Waals surface area (Å²) in [5, 5.41) is 10.1. The fourth-order valence-corrected chi connectivity index (χ4v) is 2.35. The van der Waals surface area contributed by atoms with Gasteiger partial charge in [-0.3, -0.25) is 4.98 Å². The average Bonchev–Trinajstić information content (AvgIpc) is 2.85. The van der Waals surface area contributed by atoms with Crippen molar-refractivity contribution >= 4 is 23.1 Å². The van der Waals surface area contributed by atoms with Crippen molar-refractivity contribution in [3.05, 3.63) is 40.1 Å². The smallest absolute Gasteiger partial charge is 0.0928 e. The molecule has 0 amide bonds. The molecule has 0 fully saturated rings. The van der Waals surface area contributed by atoms with Crippen LogP contribution in [0.5, 0.6) is 0 Å². The molecule has 0 aliphatic rings. The van der Waals surface area contributed by atoms with Crippen molar-refractivity contribution in [2.75, 3.05) is 6.54 Å². The number of rotatable bonds is 5. The summed E-state index contributed by atoms with van der Waals surface area (Å²) in [5.74, 6) is 0. The molecule has 17 heavy (non-hydrogen) atoms. The lowest BCUT2D eigenvalue weighted by molar-refractivity contribution is 0.535. The zero-order valence-corrected chi connectivity index (χ0v) is 11.0. The molecule has 0 saturated heterocycles. The molecule has 0 radical (unpaired) electrons. The Labute approximate surface area is 109 Å². The van der Waals surface area contributed by atoms with Crippen LogP contribution in [-0.2, 0) is 6.42 Å². The molecule has 0 aromatic carbocycles. The number of halogens is 1. The predicted molar refractivity (Wildman–Crippen MR) is 69.3 cm³/mol. The molecule has 6 heteroatoms. The Bertz CT molecular complexity index is 460. The summed E-state index contributed by atoms with van der Waals surface area (Å²) in [7, 11) is 0. The van der Waals surface area contributed by atoms with Crippen LogP contribution in [0.4, 0.5) is 0 Å². The largest absolute Gasteiger partial charge is 0.309 e. The van der Waals surface area contributed by atoms with E-state index in [1.54, 1.807) is 12.4 Å². The Morgan fingerprint density at radius 1 is 1.53 bits per heavy atom. The van der Waals surface area contributed by atoms with E-state index in [4.69, 9.17) is 11.6 Å². The van der Waals surface area contributed by atoms with Crippen molar-refractivity contribution in [3.63, 3.8) is 0 Å². The zero-order valence-electron chi connectivity index (χ0n) is 9.43. The fraction of sp³-hybridized carbons (Fsp3) is 0.364. The minimum Gasteiger partial charge on any atom is -0.309 e. The average molecular weight is 269 g/mol. The van der Waals surface area contributed by atoms with Crippen LogP contribution in [0, 0.1) is 0 Å². The van der Waals surface area contributed by atoms with Crippen LogP contribution >= 0.6 is 23.1 Å². The molecular weight excluding hydrogens is 256 g/mol. The topological polar surface area (TPSA) is 50.7 Å². The first-order chi connectivity index (χ1) is 8.31. The van der Waals surface area contributed by atoms with E-state index in [1.807, 2.05) is 11.4 Å². The van der Waals surface area contributed by atoms with Crippen LogP contribution in [0.2, 0.25) is 5.02 Å². The maximum absolute atomic E-state index is 6.11. The summed E-state index contributed by atoms with van der Waals surface area (Å²) in [4.78, 5) is 3.98. The van der Waals surface area contributed by atoms with E-state index in [2.05, 4.69) is 26.8 Å². The molecule has 0 saturated carbocycles. The van der Waals surface area contributed by atoms with E-state index in [-0.39, 0.29) is 6.04 Å². The zero-order chi connectivity index (χ0) is 12.1. The maximum Gasteiger partial charge on any atom is 0.0928 e. The van der Waals surface area contributed by atoms with Crippen LogP contribution in [0.25, 0.3) is 0 Å². The minimum atomic E-state index is 0.152. The number of aromatic nitrogens is 3. The lowest BCUT2D eigenvalue weighted by Gasteiger charge is -2.15. The van der Waals surface area contributed by atoms with Gasteiger partial charge in [0.05, 0.1) is 16.8 Å². The first kappa shape index (κ1) is 12.4. The quantitative estimate of drug-likeness (QED) is 0.905. The SMILES string of the molecule is CCNC(Cc1ccncc1Cl)c1csnn1. The Hall–Kier alpha value is -1.04. The second-order valence-electron chi connectivity index (χ2n) is 3.61. The Morgan fingerprint density at radius 3 is 3.06 bits per heavy atom. The number of hydrogen-bond donors (Lipinski definition) is 1. The van der Waals surface area contributed by atoms with Gasteiger partial charge in [0.25, 0.3) is 0 Å². The second kappa shape index (κ2) is 6.05. The number of nitrogens with zero attached hydrogens (tertiary/aromatic N) is 3. The Balaban J connectivity index is 2.16. The summed E-state index contributed by atoms with van der Waals surface area (Å²) >= 11 is 7.47. The van der Waals surface area contributed by atoms with Crippen molar-refractivity contribution in [2.45, 2.75) is 19.4 Å². The third-order valence-electron chi connectivity index (χ3n) is 2.46. The van der Waals surface area contributed by atoms with Crippen molar-refractivity contribution < 1.29 is 0 Å². The lowest BCUT2D eigenvalue weighted by atomic mass is 10.1. The molecular formula is C11H13ClN4S. The van der Waals surface area contributed by atoms with Crippen molar-refractivity contribution in [1.29, 1.82) is 0 Å². The number of nitrogens with one attached hydrogen (secondary N) is 1. The standard InChI is InChI=1S/C11H13ClN4S/c1-2-14-10(11-7-17-16-15-11)5-8-3-4-13-6-9(8)12/h3-4,6-7,10,14H,2,5H2,1H3.